The molecule has 0 heterocycles. The topological polar surface area (TPSA) is 20.2 Å². The van der Waals surface area contributed by atoms with Gasteiger partial charge in [-0.1, -0.05) is 26.3 Å². The molecule has 1 aliphatic rings. The van der Waals surface area contributed by atoms with E-state index in [-0.39, 0.29) is 0 Å². The summed E-state index contributed by atoms with van der Waals surface area (Å²) in [6, 6.07) is 0. The van der Waals surface area contributed by atoms with E-state index in [9.17, 15) is 5.11 Å². The summed E-state index contributed by atoms with van der Waals surface area (Å²) in [5.41, 5.74) is -0.484. The summed E-state index contributed by atoms with van der Waals surface area (Å²) in [7, 11) is 0. The molecular formula is C14H26O. The molecule has 0 saturated heterocycles. The first-order valence-electron chi connectivity index (χ1n) is 6.30. The van der Waals surface area contributed by atoms with Crippen LogP contribution in [0.2, 0.25) is 0 Å². The molecule has 0 amide bonds. The Kier molecular flexibility index (Phi) is 4.39. The van der Waals surface area contributed by atoms with Crippen LogP contribution in [0.1, 0.15) is 52.9 Å². The van der Waals surface area contributed by atoms with Crippen molar-refractivity contribution in [3.05, 3.63) is 12.7 Å². The van der Waals surface area contributed by atoms with Crippen molar-refractivity contribution >= 4 is 0 Å². The molecule has 0 aromatic rings. The van der Waals surface area contributed by atoms with Crippen LogP contribution in [0.4, 0.5) is 0 Å². The first-order chi connectivity index (χ1) is 6.97. The fourth-order valence-electron chi connectivity index (χ4n) is 2.71. The predicted octanol–water partition coefficient (Wildman–Crippen LogP) is 3.78. The van der Waals surface area contributed by atoms with E-state index < -0.39 is 5.60 Å². The van der Waals surface area contributed by atoms with Crippen molar-refractivity contribution in [3.8, 4) is 0 Å². The highest BCUT2D eigenvalue weighted by molar-refractivity contribution is 4.89. The van der Waals surface area contributed by atoms with Crippen molar-refractivity contribution in [2.45, 2.75) is 58.5 Å². The van der Waals surface area contributed by atoms with Gasteiger partial charge in [0.05, 0.1) is 5.60 Å². The zero-order valence-electron chi connectivity index (χ0n) is 10.5. The Morgan fingerprint density at radius 3 is 2.53 bits per heavy atom. The van der Waals surface area contributed by atoms with Crippen LogP contribution in [0, 0.1) is 17.8 Å². The molecule has 4 unspecified atom stereocenters. The standard InChI is InChI=1S/C14H26O/c1-5-6-9-14(4,15)13-8-7-11(2)12(3)10-13/h5,11-13,15H,1,6-10H2,2-4H3. The molecule has 1 N–H and O–H groups in total. The van der Waals surface area contributed by atoms with Gasteiger partial charge in [-0.3, -0.25) is 0 Å². The lowest BCUT2D eigenvalue weighted by atomic mass is 9.69. The van der Waals surface area contributed by atoms with Crippen molar-refractivity contribution in [2.75, 3.05) is 0 Å². The predicted molar refractivity (Wildman–Crippen MR) is 65.7 cm³/mol. The summed E-state index contributed by atoms with van der Waals surface area (Å²) in [4.78, 5) is 0. The van der Waals surface area contributed by atoms with Crippen molar-refractivity contribution in [2.24, 2.45) is 17.8 Å². The Balaban J connectivity index is 2.51. The third-order valence-electron chi connectivity index (χ3n) is 4.33. The molecule has 1 fully saturated rings. The van der Waals surface area contributed by atoms with Gasteiger partial charge in [0.2, 0.25) is 0 Å². The Bertz CT molecular complexity index is 207. The maximum absolute atomic E-state index is 10.4. The summed E-state index contributed by atoms with van der Waals surface area (Å²) in [6.07, 6.45) is 7.34. The van der Waals surface area contributed by atoms with Gasteiger partial charge in [-0.2, -0.15) is 0 Å². The molecule has 1 rings (SSSR count). The second-order valence-electron chi connectivity index (χ2n) is 5.65. The fraction of sp³-hybridized carbons (Fsp3) is 0.857. The van der Waals surface area contributed by atoms with Crippen LogP contribution >= 0.6 is 0 Å². The number of hydrogen-bond acceptors (Lipinski definition) is 1. The van der Waals surface area contributed by atoms with Gasteiger partial charge >= 0.3 is 0 Å². The van der Waals surface area contributed by atoms with Crippen molar-refractivity contribution in [3.63, 3.8) is 0 Å². The molecule has 0 radical (unpaired) electrons. The minimum atomic E-state index is -0.484. The molecule has 1 saturated carbocycles. The number of rotatable bonds is 4. The molecule has 0 spiro atoms. The molecular weight excluding hydrogens is 184 g/mol. The van der Waals surface area contributed by atoms with Crippen LogP contribution in [0.5, 0.6) is 0 Å². The Hall–Kier alpha value is -0.300. The Morgan fingerprint density at radius 1 is 1.33 bits per heavy atom. The molecule has 0 aliphatic heterocycles. The number of allylic oxidation sites excluding steroid dienone is 1. The molecule has 0 bridgehead atoms. The summed E-state index contributed by atoms with van der Waals surface area (Å²) in [5, 5.41) is 10.4. The van der Waals surface area contributed by atoms with Gasteiger partial charge in [0, 0.05) is 0 Å². The van der Waals surface area contributed by atoms with E-state index in [1.165, 1.54) is 19.3 Å². The Labute approximate surface area is 94.6 Å². The molecule has 1 heteroatoms. The fourth-order valence-corrected chi connectivity index (χ4v) is 2.71. The largest absolute Gasteiger partial charge is 0.390 e. The summed E-state index contributed by atoms with van der Waals surface area (Å²) < 4.78 is 0. The van der Waals surface area contributed by atoms with E-state index >= 15 is 0 Å². The smallest absolute Gasteiger partial charge is 0.0650 e. The van der Waals surface area contributed by atoms with Gasteiger partial charge in [-0.05, 0) is 50.4 Å². The maximum atomic E-state index is 10.4. The molecule has 1 aliphatic carbocycles. The average Bonchev–Trinajstić information content (AvgIpc) is 2.19. The van der Waals surface area contributed by atoms with Crippen LogP contribution in [0.15, 0.2) is 12.7 Å². The van der Waals surface area contributed by atoms with Gasteiger partial charge in [-0.25, -0.2) is 0 Å². The minimum Gasteiger partial charge on any atom is -0.390 e. The lowest BCUT2D eigenvalue weighted by molar-refractivity contribution is -0.0375. The highest BCUT2D eigenvalue weighted by atomic mass is 16.3. The van der Waals surface area contributed by atoms with E-state index in [0.717, 1.165) is 24.7 Å². The molecule has 88 valence electrons. The van der Waals surface area contributed by atoms with E-state index in [2.05, 4.69) is 20.4 Å². The van der Waals surface area contributed by atoms with Crippen molar-refractivity contribution in [1.82, 2.24) is 0 Å². The zero-order valence-corrected chi connectivity index (χ0v) is 10.5. The highest BCUT2D eigenvalue weighted by Crippen LogP contribution is 2.40. The normalized spacial score (nSPS) is 35.9. The third kappa shape index (κ3) is 3.34. The zero-order chi connectivity index (χ0) is 11.5. The van der Waals surface area contributed by atoms with Gasteiger partial charge in [0.25, 0.3) is 0 Å². The van der Waals surface area contributed by atoms with Crippen molar-refractivity contribution in [1.29, 1.82) is 0 Å². The van der Waals surface area contributed by atoms with Gasteiger partial charge in [0.15, 0.2) is 0 Å². The average molecular weight is 210 g/mol. The molecule has 4 atom stereocenters. The number of hydrogen-bond donors (Lipinski definition) is 1. The monoisotopic (exact) mass is 210 g/mol. The van der Waals surface area contributed by atoms with E-state index in [1.54, 1.807) is 0 Å². The van der Waals surface area contributed by atoms with Crippen molar-refractivity contribution < 1.29 is 5.11 Å². The van der Waals surface area contributed by atoms with Crippen LogP contribution in [-0.2, 0) is 0 Å². The second-order valence-corrected chi connectivity index (χ2v) is 5.65. The first kappa shape index (κ1) is 12.8. The van der Waals surface area contributed by atoms with E-state index in [0.29, 0.717) is 5.92 Å². The van der Waals surface area contributed by atoms with Crippen LogP contribution < -0.4 is 0 Å². The molecule has 0 aromatic heterocycles. The highest BCUT2D eigenvalue weighted by Gasteiger charge is 2.36. The maximum Gasteiger partial charge on any atom is 0.0650 e. The van der Waals surface area contributed by atoms with Crippen LogP contribution in [0.3, 0.4) is 0 Å². The Morgan fingerprint density at radius 2 is 2.00 bits per heavy atom. The number of aliphatic hydroxyl groups is 1. The van der Waals surface area contributed by atoms with E-state index in [1.807, 2.05) is 13.0 Å². The second kappa shape index (κ2) is 5.16. The minimum absolute atomic E-state index is 0.484. The lowest BCUT2D eigenvalue weighted by Gasteiger charge is -2.40. The third-order valence-corrected chi connectivity index (χ3v) is 4.33. The lowest BCUT2D eigenvalue weighted by Crippen LogP contribution is -2.38. The van der Waals surface area contributed by atoms with Gasteiger partial charge < -0.3 is 5.11 Å². The summed E-state index contributed by atoms with van der Waals surface area (Å²) >= 11 is 0. The van der Waals surface area contributed by atoms with Crippen LogP contribution in [-0.4, -0.2) is 10.7 Å². The van der Waals surface area contributed by atoms with Gasteiger partial charge in [0.1, 0.15) is 0 Å². The molecule has 1 nitrogen and oxygen atoms in total. The SMILES string of the molecule is C=CCCC(C)(O)C1CCC(C)C(C)C1. The quantitative estimate of drug-likeness (QED) is 0.700. The summed E-state index contributed by atoms with van der Waals surface area (Å²) in [5.74, 6) is 2.08. The van der Waals surface area contributed by atoms with Gasteiger partial charge in [-0.15, -0.1) is 6.58 Å². The molecule has 0 aromatic carbocycles. The molecule has 15 heavy (non-hydrogen) atoms. The summed E-state index contributed by atoms with van der Waals surface area (Å²) in [6.45, 7) is 10.4. The van der Waals surface area contributed by atoms with Crippen LogP contribution in [0.25, 0.3) is 0 Å². The van der Waals surface area contributed by atoms with E-state index in [4.69, 9.17) is 0 Å². The first-order valence-corrected chi connectivity index (χ1v) is 6.30.